The highest BCUT2D eigenvalue weighted by Gasteiger charge is 2.37. The molecule has 4 rings (SSSR count). The summed E-state index contributed by atoms with van der Waals surface area (Å²) < 4.78 is 2.08. The minimum Gasteiger partial charge on any atom is -0.481 e. The van der Waals surface area contributed by atoms with Gasteiger partial charge in [-0.25, -0.2) is 0 Å². The fourth-order valence-electron chi connectivity index (χ4n) is 4.02. The normalized spacial score (nSPS) is 20.3. The zero-order valence-corrected chi connectivity index (χ0v) is 13.4. The molecule has 124 valence electrons. The molecule has 2 aromatic rings. The van der Waals surface area contributed by atoms with Crippen LogP contribution in [0.2, 0.25) is 0 Å². The Hall–Kier alpha value is -2.56. The molecule has 0 spiro atoms. The molecule has 1 unspecified atom stereocenters. The molecule has 0 bridgehead atoms. The van der Waals surface area contributed by atoms with Crippen molar-refractivity contribution in [2.45, 2.75) is 37.6 Å². The molecular formula is C19H20N2O3. The number of amides is 1. The summed E-state index contributed by atoms with van der Waals surface area (Å²) >= 11 is 0. The van der Waals surface area contributed by atoms with Crippen LogP contribution in [-0.2, 0) is 4.79 Å². The second-order valence-corrected chi connectivity index (χ2v) is 6.60. The molecule has 1 atom stereocenters. The van der Waals surface area contributed by atoms with Crippen LogP contribution < -0.4 is 4.90 Å². The quantitative estimate of drug-likeness (QED) is 0.941. The van der Waals surface area contributed by atoms with Crippen LogP contribution in [0.4, 0.5) is 5.69 Å². The summed E-state index contributed by atoms with van der Waals surface area (Å²) in [6, 6.07) is 11.4. The molecule has 1 fully saturated rings. The van der Waals surface area contributed by atoms with Crippen molar-refractivity contribution in [3.8, 4) is 0 Å². The van der Waals surface area contributed by atoms with Gasteiger partial charge in [-0.2, -0.15) is 0 Å². The first kappa shape index (κ1) is 15.0. The van der Waals surface area contributed by atoms with Gasteiger partial charge in [0.05, 0.1) is 0 Å². The molecular weight excluding hydrogens is 304 g/mol. The second-order valence-electron chi connectivity index (χ2n) is 6.60. The van der Waals surface area contributed by atoms with Crippen molar-refractivity contribution in [3.63, 3.8) is 0 Å². The van der Waals surface area contributed by atoms with Crippen molar-refractivity contribution in [2.24, 2.45) is 0 Å². The molecule has 0 saturated heterocycles. The molecule has 5 heteroatoms. The van der Waals surface area contributed by atoms with E-state index < -0.39 is 11.9 Å². The molecule has 1 amide bonds. The van der Waals surface area contributed by atoms with Gasteiger partial charge in [-0.15, -0.1) is 0 Å². The molecule has 1 N–H and O–H groups in total. The predicted octanol–water partition coefficient (Wildman–Crippen LogP) is 3.43. The van der Waals surface area contributed by atoms with Crippen LogP contribution in [0, 0.1) is 0 Å². The van der Waals surface area contributed by atoms with Crippen molar-refractivity contribution < 1.29 is 14.7 Å². The van der Waals surface area contributed by atoms with E-state index >= 15 is 0 Å². The number of nitrogens with zero attached hydrogens (tertiary/aromatic N) is 2. The number of anilines is 1. The summed E-state index contributed by atoms with van der Waals surface area (Å²) in [5, 5.41) is 9.47. The van der Waals surface area contributed by atoms with Crippen LogP contribution >= 0.6 is 0 Å². The van der Waals surface area contributed by atoms with E-state index in [1.54, 1.807) is 11.0 Å². The molecule has 1 aliphatic carbocycles. The molecule has 1 saturated carbocycles. The van der Waals surface area contributed by atoms with E-state index in [9.17, 15) is 14.7 Å². The number of carboxylic acid groups (broad SMARTS) is 1. The summed E-state index contributed by atoms with van der Waals surface area (Å²) in [5.74, 6) is -1.65. The Bertz CT molecular complexity index is 789. The zero-order chi connectivity index (χ0) is 16.7. The molecule has 0 radical (unpaired) electrons. The summed E-state index contributed by atoms with van der Waals surface area (Å²) in [6.07, 6.45) is 6.57. The van der Waals surface area contributed by atoms with Gasteiger partial charge in [0.25, 0.3) is 5.91 Å². The van der Waals surface area contributed by atoms with Crippen LogP contribution in [-0.4, -0.2) is 28.1 Å². The summed E-state index contributed by atoms with van der Waals surface area (Å²) in [7, 11) is 0. The minimum atomic E-state index is -0.885. The fraction of sp³-hybridized carbons (Fsp3) is 0.368. The van der Waals surface area contributed by atoms with Gasteiger partial charge in [-0.1, -0.05) is 31.0 Å². The largest absolute Gasteiger partial charge is 0.481 e. The van der Waals surface area contributed by atoms with Crippen molar-refractivity contribution in [1.82, 2.24) is 4.57 Å². The maximum atomic E-state index is 13.1. The lowest BCUT2D eigenvalue weighted by Crippen LogP contribution is -2.33. The van der Waals surface area contributed by atoms with Gasteiger partial charge in [-0.3, -0.25) is 9.59 Å². The third-order valence-electron chi connectivity index (χ3n) is 5.23. The Labute approximate surface area is 140 Å². The monoisotopic (exact) mass is 324 g/mol. The predicted molar refractivity (Wildman–Crippen MR) is 90.4 cm³/mol. The Morgan fingerprint density at radius 3 is 2.54 bits per heavy atom. The molecule has 1 aromatic heterocycles. The first-order chi connectivity index (χ1) is 11.7. The minimum absolute atomic E-state index is 0.108. The highest BCUT2D eigenvalue weighted by atomic mass is 16.4. The van der Waals surface area contributed by atoms with Gasteiger partial charge < -0.3 is 14.6 Å². The number of aromatic nitrogens is 1. The third-order valence-corrected chi connectivity index (χ3v) is 5.23. The van der Waals surface area contributed by atoms with Crippen LogP contribution in [0.15, 0.2) is 42.6 Å². The fourth-order valence-corrected chi connectivity index (χ4v) is 4.02. The van der Waals surface area contributed by atoms with Crippen molar-refractivity contribution in [3.05, 3.63) is 53.9 Å². The summed E-state index contributed by atoms with van der Waals surface area (Å²) in [5.41, 5.74) is 2.09. The standard InChI is InChI=1S/C19H20N2O3/c22-18(17-10-5-11-20(17)13-6-1-2-7-13)21-12-15(19(23)24)14-8-3-4-9-16(14)21/h3-5,8-11,13,15H,1-2,6-7,12H2,(H,23,24). The lowest BCUT2D eigenvalue weighted by atomic mass is 10.0. The Morgan fingerprint density at radius 2 is 1.79 bits per heavy atom. The maximum absolute atomic E-state index is 13.1. The smallest absolute Gasteiger partial charge is 0.312 e. The van der Waals surface area contributed by atoms with Crippen LogP contribution in [0.5, 0.6) is 0 Å². The zero-order valence-electron chi connectivity index (χ0n) is 13.4. The lowest BCUT2D eigenvalue weighted by Gasteiger charge is -2.21. The van der Waals surface area contributed by atoms with Crippen molar-refractivity contribution in [1.29, 1.82) is 0 Å². The van der Waals surface area contributed by atoms with E-state index in [4.69, 9.17) is 0 Å². The van der Waals surface area contributed by atoms with E-state index in [1.807, 2.05) is 36.5 Å². The number of carbonyl (C=O) groups excluding carboxylic acids is 1. The third kappa shape index (κ3) is 2.31. The molecule has 2 aliphatic rings. The highest BCUT2D eigenvalue weighted by molar-refractivity contribution is 6.08. The number of fused-ring (bicyclic) bond motifs is 1. The number of aliphatic carboxylic acids is 1. The van der Waals surface area contributed by atoms with Gasteiger partial charge >= 0.3 is 5.97 Å². The molecule has 24 heavy (non-hydrogen) atoms. The van der Waals surface area contributed by atoms with E-state index in [0.717, 1.165) is 18.4 Å². The average molecular weight is 324 g/mol. The molecule has 1 aromatic carbocycles. The van der Waals surface area contributed by atoms with Crippen LogP contribution in [0.25, 0.3) is 0 Å². The van der Waals surface area contributed by atoms with Crippen molar-refractivity contribution in [2.75, 3.05) is 11.4 Å². The number of para-hydroxylation sites is 1. The lowest BCUT2D eigenvalue weighted by molar-refractivity contribution is -0.138. The summed E-state index contributed by atoms with van der Waals surface area (Å²) in [6.45, 7) is 0.198. The number of hydrogen-bond acceptors (Lipinski definition) is 2. The number of carbonyl (C=O) groups is 2. The summed E-state index contributed by atoms with van der Waals surface area (Å²) in [4.78, 5) is 26.3. The first-order valence-corrected chi connectivity index (χ1v) is 8.47. The van der Waals surface area contributed by atoms with Crippen LogP contribution in [0.3, 0.4) is 0 Å². The Morgan fingerprint density at radius 1 is 1.04 bits per heavy atom. The van der Waals surface area contributed by atoms with Gasteiger partial charge in [0, 0.05) is 24.5 Å². The maximum Gasteiger partial charge on any atom is 0.312 e. The number of hydrogen-bond donors (Lipinski definition) is 1. The Kier molecular flexibility index (Phi) is 3.63. The van der Waals surface area contributed by atoms with E-state index in [0.29, 0.717) is 17.4 Å². The second kappa shape index (κ2) is 5.82. The molecule has 2 heterocycles. The highest BCUT2D eigenvalue weighted by Crippen LogP contribution is 2.38. The molecule has 1 aliphatic heterocycles. The van der Waals surface area contributed by atoms with E-state index in [-0.39, 0.29) is 12.5 Å². The molecule has 5 nitrogen and oxygen atoms in total. The van der Waals surface area contributed by atoms with Crippen molar-refractivity contribution >= 4 is 17.6 Å². The van der Waals surface area contributed by atoms with Gasteiger partial charge in [0.2, 0.25) is 0 Å². The number of benzene rings is 1. The van der Waals surface area contributed by atoms with Gasteiger partial charge in [0.1, 0.15) is 11.6 Å². The number of carboxylic acids is 1. The first-order valence-electron chi connectivity index (χ1n) is 8.47. The SMILES string of the molecule is O=C(O)C1CN(C(=O)c2cccn2C2CCCC2)c2ccccc21. The average Bonchev–Trinajstić information content (AvgIpc) is 3.31. The number of rotatable bonds is 3. The van der Waals surface area contributed by atoms with Gasteiger partial charge in [0.15, 0.2) is 0 Å². The topological polar surface area (TPSA) is 62.5 Å². The van der Waals surface area contributed by atoms with Crippen LogP contribution in [0.1, 0.15) is 53.7 Å². The van der Waals surface area contributed by atoms with E-state index in [1.165, 1.54) is 12.8 Å². The van der Waals surface area contributed by atoms with E-state index in [2.05, 4.69) is 4.57 Å². The van der Waals surface area contributed by atoms with Gasteiger partial charge in [-0.05, 0) is 36.6 Å². The Balaban J connectivity index is 1.69.